The van der Waals surface area contributed by atoms with Gasteiger partial charge in [0, 0.05) is 16.5 Å². The van der Waals surface area contributed by atoms with Gasteiger partial charge in [0.05, 0.1) is 10.5 Å². The first-order chi connectivity index (χ1) is 11.0. The van der Waals surface area contributed by atoms with Crippen LogP contribution in [0, 0.1) is 0 Å². The first-order valence-electron chi connectivity index (χ1n) is 6.89. The van der Waals surface area contributed by atoms with Gasteiger partial charge in [0.15, 0.2) is 0 Å². The molecule has 114 valence electrons. The number of anilines is 1. The molecule has 0 unspecified atom stereocenters. The van der Waals surface area contributed by atoms with E-state index in [1.54, 1.807) is 30.3 Å². The Bertz CT molecular complexity index is 1080. The molecule has 0 spiro atoms. The predicted molar refractivity (Wildman–Crippen MR) is 86.8 cm³/mol. The molecule has 0 saturated carbocycles. The molecule has 0 saturated heterocycles. The topological polar surface area (TPSA) is 76.4 Å². The summed E-state index contributed by atoms with van der Waals surface area (Å²) >= 11 is 0. The molecule has 0 bridgehead atoms. The average Bonchev–Trinajstić information content (AvgIpc) is 3.09. The molecule has 4 rings (SSSR count). The summed E-state index contributed by atoms with van der Waals surface area (Å²) in [6.45, 7) is 0. The Morgan fingerprint density at radius 2 is 1.91 bits per heavy atom. The number of fused-ring (bicyclic) bond motifs is 2. The van der Waals surface area contributed by atoms with E-state index in [2.05, 4.69) is 5.32 Å². The second kappa shape index (κ2) is 4.82. The standard InChI is InChI=1S/C17H11NO4S/c19-17(14-10-22-15-4-2-1-3-13(14)15)18-12-6-5-11-7-8-23(20,21)16(11)9-12/h1-10H,(H,18,19). The average molecular weight is 325 g/mol. The summed E-state index contributed by atoms with van der Waals surface area (Å²) in [4.78, 5) is 12.6. The van der Waals surface area contributed by atoms with Crippen LogP contribution in [0.3, 0.4) is 0 Å². The van der Waals surface area contributed by atoms with Crippen molar-refractivity contribution in [3.05, 3.63) is 65.3 Å². The highest BCUT2D eigenvalue weighted by Gasteiger charge is 2.21. The molecular formula is C17H11NO4S. The minimum Gasteiger partial charge on any atom is -0.463 e. The van der Waals surface area contributed by atoms with Gasteiger partial charge in [0.25, 0.3) is 5.91 Å². The smallest absolute Gasteiger partial charge is 0.259 e. The third-order valence-corrected chi connectivity index (χ3v) is 5.19. The van der Waals surface area contributed by atoms with Gasteiger partial charge in [-0.2, -0.15) is 0 Å². The first-order valence-corrected chi connectivity index (χ1v) is 8.44. The normalized spacial score (nSPS) is 14.8. The summed E-state index contributed by atoms with van der Waals surface area (Å²) in [6, 6.07) is 12.0. The van der Waals surface area contributed by atoms with Crippen LogP contribution >= 0.6 is 0 Å². The fourth-order valence-corrected chi connectivity index (χ4v) is 3.81. The van der Waals surface area contributed by atoms with Gasteiger partial charge in [-0.05, 0) is 29.8 Å². The number of carbonyl (C=O) groups is 1. The zero-order valence-electron chi connectivity index (χ0n) is 11.8. The van der Waals surface area contributed by atoms with E-state index in [1.165, 1.54) is 12.3 Å². The lowest BCUT2D eigenvalue weighted by Gasteiger charge is -2.06. The Hall–Kier alpha value is -2.86. The highest BCUT2D eigenvalue weighted by atomic mass is 32.2. The predicted octanol–water partition coefficient (Wildman–Crippen LogP) is 3.44. The number of sulfone groups is 1. The van der Waals surface area contributed by atoms with E-state index in [4.69, 9.17) is 4.42 Å². The Balaban J connectivity index is 1.68. The van der Waals surface area contributed by atoms with Crippen molar-refractivity contribution in [2.45, 2.75) is 4.90 Å². The maximum absolute atomic E-state index is 12.4. The molecule has 0 radical (unpaired) electrons. The largest absolute Gasteiger partial charge is 0.463 e. The molecule has 5 nitrogen and oxygen atoms in total. The van der Waals surface area contributed by atoms with Crippen LogP contribution in [0.15, 0.2) is 63.4 Å². The monoisotopic (exact) mass is 325 g/mol. The van der Waals surface area contributed by atoms with Crippen molar-refractivity contribution in [3.63, 3.8) is 0 Å². The summed E-state index contributed by atoms with van der Waals surface area (Å²) in [7, 11) is -3.40. The zero-order valence-corrected chi connectivity index (χ0v) is 12.6. The Morgan fingerprint density at radius 1 is 1.09 bits per heavy atom. The molecule has 0 fully saturated rings. The van der Waals surface area contributed by atoms with Gasteiger partial charge in [-0.15, -0.1) is 0 Å². The van der Waals surface area contributed by atoms with Crippen LogP contribution in [0.2, 0.25) is 0 Å². The number of carbonyl (C=O) groups excluding carboxylic acids is 1. The van der Waals surface area contributed by atoms with Gasteiger partial charge < -0.3 is 9.73 Å². The van der Waals surface area contributed by atoms with Crippen LogP contribution in [0.5, 0.6) is 0 Å². The molecule has 1 aliphatic heterocycles. The van der Waals surface area contributed by atoms with Crippen molar-refractivity contribution in [2.24, 2.45) is 0 Å². The number of furan rings is 1. The minimum absolute atomic E-state index is 0.201. The van der Waals surface area contributed by atoms with E-state index >= 15 is 0 Å². The summed E-state index contributed by atoms with van der Waals surface area (Å²) < 4.78 is 29.1. The van der Waals surface area contributed by atoms with E-state index in [9.17, 15) is 13.2 Å². The van der Waals surface area contributed by atoms with Gasteiger partial charge in [-0.25, -0.2) is 8.42 Å². The van der Waals surface area contributed by atoms with Crippen molar-refractivity contribution in [2.75, 3.05) is 5.32 Å². The molecule has 2 aromatic carbocycles. The molecule has 1 aliphatic rings. The molecule has 1 amide bonds. The Morgan fingerprint density at radius 3 is 2.78 bits per heavy atom. The number of nitrogens with one attached hydrogen (secondary N) is 1. The molecule has 6 heteroatoms. The molecule has 0 atom stereocenters. The highest BCUT2D eigenvalue weighted by Crippen LogP contribution is 2.30. The molecule has 1 aromatic heterocycles. The Labute approximate surface area is 132 Å². The summed E-state index contributed by atoms with van der Waals surface area (Å²) in [5, 5.41) is 4.58. The van der Waals surface area contributed by atoms with Crippen LogP contribution in [-0.4, -0.2) is 14.3 Å². The summed E-state index contributed by atoms with van der Waals surface area (Å²) in [5.41, 5.74) is 2.07. The van der Waals surface area contributed by atoms with Crippen LogP contribution in [0.25, 0.3) is 17.0 Å². The number of para-hydroxylation sites is 1. The van der Waals surface area contributed by atoms with E-state index in [0.29, 0.717) is 27.8 Å². The zero-order chi connectivity index (χ0) is 16.0. The maximum atomic E-state index is 12.4. The van der Waals surface area contributed by atoms with Gasteiger partial charge >= 0.3 is 0 Å². The van der Waals surface area contributed by atoms with Gasteiger partial charge in [-0.3, -0.25) is 4.79 Å². The fraction of sp³-hybridized carbons (Fsp3) is 0. The number of amides is 1. The van der Waals surface area contributed by atoms with E-state index in [-0.39, 0.29) is 10.8 Å². The lowest BCUT2D eigenvalue weighted by molar-refractivity contribution is 0.102. The van der Waals surface area contributed by atoms with Crippen molar-refractivity contribution in [1.82, 2.24) is 0 Å². The van der Waals surface area contributed by atoms with Crippen LogP contribution in [-0.2, 0) is 9.84 Å². The molecule has 23 heavy (non-hydrogen) atoms. The fourth-order valence-electron chi connectivity index (χ4n) is 2.58. The molecule has 1 N–H and O–H groups in total. The van der Waals surface area contributed by atoms with Crippen molar-refractivity contribution < 1.29 is 17.6 Å². The quantitative estimate of drug-likeness (QED) is 0.783. The Kier molecular flexibility index (Phi) is 2.89. The highest BCUT2D eigenvalue weighted by molar-refractivity contribution is 7.94. The number of benzene rings is 2. The minimum atomic E-state index is -3.40. The SMILES string of the molecule is O=C(Nc1ccc2c(c1)S(=O)(=O)C=C2)c1coc2ccccc12. The van der Waals surface area contributed by atoms with Gasteiger partial charge in [0.1, 0.15) is 11.8 Å². The molecule has 2 heterocycles. The third-order valence-electron chi connectivity index (χ3n) is 3.73. The molecular weight excluding hydrogens is 314 g/mol. The van der Waals surface area contributed by atoms with Gasteiger partial charge in [0.2, 0.25) is 9.84 Å². The van der Waals surface area contributed by atoms with Crippen molar-refractivity contribution in [3.8, 4) is 0 Å². The van der Waals surface area contributed by atoms with E-state index in [0.717, 1.165) is 5.41 Å². The van der Waals surface area contributed by atoms with Crippen molar-refractivity contribution >= 4 is 38.5 Å². The second-order valence-corrected chi connectivity index (χ2v) is 7.00. The first kappa shape index (κ1) is 13.8. The third kappa shape index (κ3) is 2.24. The number of hydrogen-bond acceptors (Lipinski definition) is 4. The molecule has 0 aliphatic carbocycles. The number of rotatable bonds is 2. The van der Waals surface area contributed by atoms with Crippen LogP contribution in [0.1, 0.15) is 15.9 Å². The lowest BCUT2D eigenvalue weighted by atomic mass is 10.1. The van der Waals surface area contributed by atoms with Crippen LogP contribution < -0.4 is 5.32 Å². The molecule has 3 aromatic rings. The summed E-state index contributed by atoms with van der Waals surface area (Å²) in [5.74, 6) is -0.349. The van der Waals surface area contributed by atoms with Gasteiger partial charge in [-0.1, -0.05) is 24.3 Å². The maximum Gasteiger partial charge on any atom is 0.259 e. The van der Waals surface area contributed by atoms with Crippen molar-refractivity contribution in [1.29, 1.82) is 0 Å². The lowest BCUT2D eigenvalue weighted by Crippen LogP contribution is -2.11. The summed E-state index contributed by atoms with van der Waals surface area (Å²) in [6.07, 6.45) is 2.94. The number of hydrogen-bond donors (Lipinski definition) is 1. The van der Waals surface area contributed by atoms with E-state index in [1.807, 2.05) is 12.1 Å². The van der Waals surface area contributed by atoms with Crippen LogP contribution in [0.4, 0.5) is 5.69 Å². The second-order valence-electron chi connectivity index (χ2n) is 5.20. The van der Waals surface area contributed by atoms with E-state index < -0.39 is 9.84 Å².